The van der Waals surface area contributed by atoms with Crippen molar-refractivity contribution in [2.75, 3.05) is 11.1 Å². The second-order valence-electron chi connectivity index (χ2n) is 3.88. The number of carbonyl (C=O) groups excluding carboxylic acids is 1. The first-order chi connectivity index (χ1) is 9.60. The third-order valence-electron chi connectivity index (χ3n) is 2.46. The Morgan fingerprint density at radius 2 is 2.25 bits per heavy atom. The van der Waals surface area contributed by atoms with E-state index < -0.39 is 5.97 Å². The van der Waals surface area contributed by atoms with E-state index in [-0.39, 0.29) is 17.2 Å². The van der Waals surface area contributed by atoms with Crippen LogP contribution in [-0.4, -0.2) is 22.7 Å². The van der Waals surface area contributed by atoms with E-state index in [4.69, 9.17) is 5.11 Å². The summed E-state index contributed by atoms with van der Waals surface area (Å²) in [6.45, 7) is 1.95. The van der Waals surface area contributed by atoms with Crippen molar-refractivity contribution >= 4 is 51.3 Å². The molecule has 0 atom stereocenters. The summed E-state index contributed by atoms with van der Waals surface area (Å²) in [5.41, 5.74) is 0.168. The SMILES string of the molecule is CCc1cc(C(=O)O)c(NC(=O)CSc2cccs2)s1. The largest absolute Gasteiger partial charge is 0.478 e. The number of rotatable bonds is 6. The molecular weight excluding hydrogens is 314 g/mol. The Morgan fingerprint density at radius 1 is 1.45 bits per heavy atom. The molecule has 2 N–H and O–H groups in total. The molecule has 0 radical (unpaired) electrons. The molecule has 2 aromatic heterocycles. The van der Waals surface area contributed by atoms with Gasteiger partial charge < -0.3 is 10.4 Å². The van der Waals surface area contributed by atoms with E-state index in [2.05, 4.69) is 5.32 Å². The molecule has 0 aromatic carbocycles. The molecule has 0 bridgehead atoms. The lowest BCUT2D eigenvalue weighted by Gasteiger charge is -2.03. The van der Waals surface area contributed by atoms with Crippen molar-refractivity contribution in [2.24, 2.45) is 0 Å². The lowest BCUT2D eigenvalue weighted by atomic mass is 10.2. The Balaban J connectivity index is 1.99. The van der Waals surface area contributed by atoms with Gasteiger partial charge in [-0.2, -0.15) is 0 Å². The van der Waals surface area contributed by atoms with E-state index in [0.717, 1.165) is 15.5 Å². The zero-order chi connectivity index (χ0) is 14.5. The Morgan fingerprint density at radius 3 is 2.85 bits per heavy atom. The highest BCUT2D eigenvalue weighted by Gasteiger charge is 2.16. The van der Waals surface area contributed by atoms with Crippen LogP contribution in [0, 0.1) is 0 Å². The van der Waals surface area contributed by atoms with Crippen molar-refractivity contribution in [3.05, 3.63) is 34.0 Å². The molecule has 0 unspecified atom stereocenters. The zero-order valence-electron chi connectivity index (χ0n) is 10.7. The van der Waals surface area contributed by atoms with E-state index in [1.165, 1.54) is 23.1 Å². The third-order valence-corrected chi connectivity index (χ3v) is 5.78. The van der Waals surface area contributed by atoms with Gasteiger partial charge in [0.15, 0.2) is 0 Å². The minimum atomic E-state index is -1.01. The molecule has 0 saturated carbocycles. The van der Waals surface area contributed by atoms with Crippen LogP contribution in [0.25, 0.3) is 0 Å². The van der Waals surface area contributed by atoms with Crippen molar-refractivity contribution in [3.8, 4) is 0 Å². The number of aromatic carboxylic acids is 1. The van der Waals surface area contributed by atoms with Crippen LogP contribution < -0.4 is 5.32 Å². The van der Waals surface area contributed by atoms with Crippen LogP contribution in [0.4, 0.5) is 5.00 Å². The van der Waals surface area contributed by atoms with Crippen molar-refractivity contribution in [2.45, 2.75) is 17.6 Å². The lowest BCUT2D eigenvalue weighted by molar-refractivity contribution is -0.113. The first-order valence-electron chi connectivity index (χ1n) is 5.92. The fourth-order valence-electron chi connectivity index (χ4n) is 1.51. The van der Waals surface area contributed by atoms with E-state index >= 15 is 0 Å². The monoisotopic (exact) mass is 327 g/mol. The summed E-state index contributed by atoms with van der Waals surface area (Å²) in [6, 6.07) is 5.50. The highest BCUT2D eigenvalue weighted by Crippen LogP contribution is 2.29. The Bertz CT molecular complexity index is 604. The average Bonchev–Trinajstić information content (AvgIpc) is 3.05. The summed E-state index contributed by atoms with van der Waals surface area (Å²) in [7, 11) is 0. The van der Waals surface area contributed by atoms with E-state index in [0.29, 0.717) is 5.00 Å². The zero-order valence-corrected chi connectivity index (χ0v) is 13.2. The molecule has 0 spiro atoms. The van der Waals surface area contributed by atoms with Gasteiger partial charge in [-0.15, -0.1) is 34.4 Å². The van der Waals surface area contributed by atoms with Gasteiger partial charge in [0.25, 0.3) is 0 Å². The molecule has 0 saturated heterocycles. The molecular formula is C13H13NO3S3. The smallest absolute Gasteiger partial charge is 0.338 e. The van der Waals surface area contributed by atoms with E-state index in [9.17, 15) is 9.59 Å². The fourth-order valence-corrected chi connectivity index (χ4v) is 4.10. The summed E-state index contributed by atoms with van der Waals surface area (Å²) in [5, 5.41) is 14.2. The lowest BCUT2D eigenvalue weighted by Crippen LogP contribution is -2.14. The van der Waals surface area contributed by atoms with Gasteiger partial charge in [0.2, 0.25) is 5.91 Å². The van der Waals surface area contributed by atoms with Crippen LogP contribution in [-0.2, 0) is 11.2 Å². The first-order valence-corrected chi connectivity index (χ1v) is 8.60. The molecule has 0 aliphatic heterocycles. The third kappa shape index (κ3) is 3.84. The molecule has 2 rings (SSSR count). The normalized spacial score (nSPS) is 10.4. The van der Waals surface area contributed by atoms with Gasteiger partial charge in [0.05, 0.1) is 15.5 Å². The molecule has 20 heavy (non-hydrogen) atoms. The Hall–Kier alpha value is -1.31. The standard InChI is InChI=1S/C13H13NO3S3/c1-2-8-6-9(13(16)17)12(20-8)14-10(15)7-19-11-4-3-5-18-11/h3-6H,2,7H2,1H3,(H,14,15)(H,16,17). The first kappa shape index (κ1) is 15.1. The number of aryl methyl sites for hydroxylation is 1. The summed E-state index contributed by atoms with van der Waals surface area (Å²) in [4.78, 5) is 23.9. The number of carbonyl (C=O) groups is 2. The summed E-state index contributed by atoms with van der Waals surface area (Å²) >= 11 is 4.34. The van der Waals surface area contributed by atoms with Gasteiger partial charge >= 0.3 is 5.97 Å². The summed E-state index contributed by atoms with van der Waals surface area (Å²) in [5.74, 6) is -0.920. The van der Waals surface area contributed by atoms with E-state index in [1.807, 2.05) is 24.4 Å². The minimum Gasteiger partial charge on any atom is -0.478 e. The predicted octanol–water partition coefficient (Wildman–Crippen LogP) is 3.80. The number of thioether (sulfide) groups is 1. The van der Waals surface area contributed by atoms with Gasteiger partial charge in [-0.05, 0) is 23.9 Å². The fraction of sp³-hybridized carbons (Fsp3) is 0.231. The van der Waals surface area contributed by atoms with Crippen molar-refractivity contribution in [3.63, 3.8) is 0 Å². The Kier molecular flexibility index (Phi) is 5.22. The van der Waals surface area contributed by atoms with Gasteiger partial charge in [0, 0.05) is 4.88 Å². The van der Waals surface area contributed by atoms with Crippen molar-refractivity contribution in [1.82, 2.24) is 0 Å². The molecule has 0 aliphatic carbocycles. The van der Waals surface area contributed by atoms with Crippen LogP contribution >= 0.6 is 34.4 Å². The molecule has 0 aliphatic rings. The quantitative estimate of drug-likeness (QED) is 0.792. The van der Waals surface area contributed by atoms with Crippen LogP contribution in [0.15, 0.2) is 27.8 Å². The number of carboxylic acid groups (broad SMARTS) is 1. The number of nitrogens with one attached hydrogen (secondary N) is 1. The Labute approximate surface area is 128 Å². The van der Waals surface area contributed by atoms with Crippen molar-refractivity contribution in [1.29, 1.82) is 0 Å². The van der Waals surface area contributed by atoms with Gasteiger partial charge in [0.1, 0.15) is 5.00 Å². The number of anilines is 1. The highest BCUT2D eigenvalue weighted by atomic mass is 32.2. The van der Waals surface area contributed by atoms with Gasteiger partial charge in [-0.3, -0.25) is 4.79 Å². The summed E-state index contributed by atoms with van der Waals surface area (Å²) < 4.78 is 1.07. The number of carboxylic acids is 1. The molecule has 2 aromatic rings. The molecule has 7 heteroatoms. The highest BCUT2D eigenvalue weighted by molar-refractivity contribution is 8.01. The number of amides is 1. The number of hydrogen-bond acceptors (Lipinski definition) is 5. The van der Waals surface area contributed by atoms with Crippen LogP contribution in [0.1, 0.15) is 22.2 Å². The second-order valence-corrected chi connectivity index (χ2v) is 7.24. The van der Waals surface area contributed by atoms with E-state index in [1.54, 1.807) is 17.4 Å². The maximum atomic E-state index is 11.9. The predicted molar refractivity (Wildman–Crippen MR) is 84.3 cm³/mol. The van der Waals surface area contributed by atoms with Crippen LogP contribution in [0.5, 0.6) is 0 Å². The van der Waals surface area contributed by atoms with Crippen LogP contribution in [0.2, 0.25) is 0 Å². The maximum absolute atomic E-state index is 11.9. The maximum Gasteiger partial charge on any atom is 0.338 e. The van der Waals surface area contributed by atoms with Crippen molar-refractivity contribution < 1.29 is 14.7 Å². The molecule has 106 valence electrons. The topological polar surface area (TPSA) is 66.4 Å². The van der Waals surface area contributed by atoms with Gasteiger partial charge in [-0.1, -0.05) is 13.0 Å². The molecule has 0 fully saturated rings. The average molecular weight is 327 g/mol. The summed E-state index contributed by atoms with van der Waals surface area (Å²) in [6.07, 6.45) is 0.755. The molecule has 4 nitrogen and oxygen atoms in total. The number of hydrogen-bond donors (Lipinski definition) is 2. The molecule has 2 heterocycles. The number of thiophene rings is 2. The van der Waals surface area contributed by atoms with Gasteiger partial charge in [-0.25, -0.2) is 4.79 Å². The van der Waals surface area contributed by atoms with Crippen LogP contribution in [0.3, 0.4) is 0 Å². The minimum absolute atomic E-state index is 0.168. The second kappa shape index (κ2) is 6.92. The molecule has 1 amide bonds.